The van der Waals surface area contributed by atoms with Crippen LogP contribution in [0.1, 0.15) is 26.7 Å². The van der Waals surface area contributed by atoms with Crippen molar-refractivity contribution in [2.24, 2.45) is 16.6 Å². The fraction of sp³-hybridized carbons (Fsp3) is 0.643. The highest BCUT2D eigenvalue weighted by atomic mass is 16.6. The van der Waals surface area contributed by atoms with Gasteiger partial charge in [0.05, 0.1) is 11.6 Å². The van der Waals surface area contributed by atoms with E-state index in [1.54, 1.807) is 17.2 Å². The Hall–Kier alpha value is -2.03. The Morgan fingerprint density at radius 2 is 2.20 bits per heavy atom. The summed E-state index contributed by atoms with van der Waals surface area (Å²) in [5, 5.41) is 8.81. The standard InChI is InChI=1S/C14H22N4O2/c1-14(2,17-7-3-6-15)11-20-13(19)18-8-4-12(10-16)5-9-18/h3,6-7,12H,4-5,8-9,11,15H2,1-2H3. The molecule has 1 aliphatic rings. The highest BCUT2D eigenvalue weighted by molar-refractivity contribution is 5.71. The van der Waals surface area contributed by atoms with Crippen molar-refractivity contribution < 1.29 is 9.53 Å². The zero-order valence-electron chi connectivity index (χ0n) is 12.1. The van der Waals surface area contributed by atoms with Crippen LogP contribution in [-0.2, 0) is 4.74 Å². The van der Waals surface area contributed by atoms with Crippen molar-refractivity contribution >= 4 is 12.3 Å². The summed E-state index contributed by atoms with van der Waals surface area (Å²) in [6.45, 7) is 5.12. The Kier molecular flexibility index (Phi) is 6.04. The predicted molar refractivity (Wildman–Crippen MR) is 77.2 cm³/mol. The topological polar surface area (TPSA) is 91.7 Å². The summed E-state index contributed by atoms with van der Waals surface area (Å²) in [5.74, 6) is 0.0585. The Morgan fingerprint density at radius 3 is 2.75 bits per heavy atom. The largest absolute Gasteiger partial charge is 0.447 e. The lowest BCUT2D eigenvalue weighted by Gasteiger charge is -2.29. The van der Waals surface area contributed by atoms with Crippen LogP contribution in [0.2, 0.25) is 0 Å². The molecule has 0 aliphatic carbocycles. The smallest absolute Gasteiger partial charge is 0.409 e. The number of carbonyl (C=O) groups excluding carboxylic acids is 1. The molecule has 1 amide bonds. The Balaban J connectivity index is 2.38. The number of likely N-dealkylation sites (tertiary alicyclic amines) is 1. The van der Waals surface area contributed by atoms with Crippen LogP contribution < -0.4 is 5.73 Å². The van der Waals surface area contributed by atoms with Crippen LogP contribution in [0.3, 0.4) is 0 Å². The summed E-state index contributed by atoms with van der Waals surface area (Å²) in [5.41, 5.74) is 4.73. The van der Waals surface area contributed by atoms with E-state index in [4.69, 9.17) is 15.7 Å². The molecule has 2 N–H and O–H groups in total. The number of ether oxygens (including phenoxy) is 1. The second-order valence-electron chi connectivity index (χ2n) is 5.42. The van der Waals surface area contributed by atoms with Gasteiger partial charge in [0.1, 0.15) is 6.61 Å². The lowest BCUT2D eigenvalue weighted by atomic mass is 9.99. The molecule has 0 aromatic carbocycles. The van der Waals surface area contributed by atoms with Crippen LogP contribution in [0.4, 0.5) is 4.79 Å². The Morgan fingerprint density at radius 1 is 1.55 bits per heavy atom. The molecule has 0 atom stereocenters. The number of allylic oxidation sites excluding steroid dienone is 1. The van der Waals surface area contributed by atoms with Crippen LogP contribution in [-0.4, -0.2) is 42.4 Å². The van der Waals surface area contributed by atoms with E-state index in [2.05, 4.69) is 11.1 Å². The Bertz CT molecular complexity index is 415. The average Bonchev–Trinajstić information content (AvgIpc) is 2.45. The summed E-state index contributed by atoms with van der Waals surface area (Å²) in [4.78, 5) is 17.8. The van der Waals surface area contributed by atoms with E-state index in [-0.39, 0.29) is 18.6 Å². The number of carbonyl (C=O) groups is 1. The van der Waals surface area contributed by atoms with Gasteiger partial charge in [-0.25, -0.2) is 4.79 Å². The molecule has 20 heavy (non-hydrogen) atoms. The van der Waals surface area contributed by atoms with E-state index >= 15 is 0 Å². The van der Waals surface area contributed by atoms with Crippen molar-refractivity contribution in [3.63, 3.8) is 0 Å². The molecule has 0 unspecified atom stereocenters. The first-order valence-corrected chi connectivity index (χ1v) is 6.72. The molecule has 0 spiro atoms. The predicted octanol–water partition coefficient (Wildman–Crippen LogP) is 1.68. The van der Waals surface area contributed by atoms with E-state index in [0.29, 0.717) is 25.9 Å². The molecular weight excluding hydrogens is 256 g/mol. The molecule has 1 heterocycles. The van der Waals surface area contributed by atoms with Gasteiger partial charge < -0.3 is 15.4 Å². The number of nitrogens with zero attached hydrogens (tertiary/aromatic N) is 3. The minimum atomic E-state index is -0.486. The van der Waals surface area contributed by atoms with Crippen molar-refractivity contribution in [3.05, 3.63) is 12.3 Å². The summed E-state index contributed by atoms with van der Waals surface area (Å²) in [7, 11) is 0. The first-order chi connectivity index (χ1) is 9.48. The molecule has 6 heteroatoms. The quantitative estimate of drug-likeness (QED) is 0.792. The summed E-state index contributed by atoms with van der Waals surface area (Å²) in [6, 6.07) is 2.23. The van der Waals surface area contributed by atoms with Crippen molar-refractivity contribution in [3.8, 4) is 6.07 Å². The maximum Gasteiger partial charge on any atom is 0.409 e. The highest BCUT2D eigenvalue weighted by Crippen LogP contribution is 2.17. The lowest BCUT2D eigenvalue weighted by Crippen LogP contribution is -2.40. The third kappa shape index (κ3) is 5.31. The minimum absolute atomic E-state index is 0.0585. The normalized spacial score (nSPS) is 17.6. The highest BCUT2D eigenvalue weighted by Gasteiger charge is 2.25. The van der Waals surface area contributed by atoms with E-state index in [0.717, 1.165) is 0 Å². The number of nitriles is 1. The maximum atomic E-state index is 11.9. The van der Waals surface area contributed by atoms with Crippen LogP contribution in [0.5, 0.6) is 0 Å². The number of hydrogen-bond acceptors (Lipinski definition) is 5. The molecule has 110 valence electrons. The second-order valence-corrected chi connectivity index (χ2v) is 5.42. The van der Waals surface area contributed by atoms with E-state index in [1.807, 2.05) is 13.8 Å². The average molecular weight is 278 g/mol. The van der Waals surface area contributed by atoms with Crippen LogP contribution >= 0.6 is 0 Å². The molecule has 0 aromatic rings. The van der Waals surface area contributed by atoms with Gasteiger partial charge in [-0.05, 0) is 39.0 Å². The van der Waals surface area contributed by atoms with E-state index in [9.17, 15) is 4.79 Å². The molecule has 1 saturated heterocycles. The lowest BCUT2D eigenvalue weighted by molar-refractivity contribution is 0.0776. The van der Waals surface area contributed by atoms with Crippen molar-refractivity contribution in [2.75, 3.05) is 19.7 Å². The van der Waals surface area contributed by atoms with Gasteiger partial charge in [-0.1, -0.05) is 0 Å². The first-order valence-electron chi connectivity index (χ1n) is 6.72. The molecule has 1 aliphatic heterocycles. The summed E-state index contributed by atoms with van der Waals surface area (Å²) in [6.07, 6.45) is 5.70. The zero-order chi connectivity index (χ0) is 15.0. The Labute approximate surface area is 119 Å². The van der Waals surface area contributed by atoms with E-state index in [1.165, 1.54) is 6.20 Å². The van der Waals surface area contributed by atoms with Gasteiger partial charge in [0.25, 0.3) is 0 Å². The van der Waals surface area contributed by atoms with Gasteiger partial charge in [0.15, 0.2) is 0 Å². The molecule has 1 fully saturated rings. The maximum absolute atomic E-state index is 11.9. The number of amides is 1. The third-order valence-electron chi connectivity index (χ3n) is 3.11. The van der Waals surface area contributed by atoms with Gasteiger partial charge in [-0.3, -0.25) is 4.99 Å². The van der Waals surface area contributed by atoms with Gasteiger partial charge in [-0.2, -0.15) is 5.26 Å². The van der Waals surface area contributed by atoms with Crippen molar-refractivity contribution in [1.29, 1.82) is 5.26 Å². The van der Waals surface area contributed by atoms with E-state index < -0.39 is 5.54 Å². The first kappa shape index (κ1) is 16.0. The SMILES string of the molecule is CC(C)(COC(=O)N1CCC(C#N)CC1)N=CC=CN. The fourth-order valence-electron chi connectivity index (χ4n) is 1.85. The number of nitrogens with two attached hydrogens (primary N) is 1. The zero-order valence-corrected chi connectivity index (χ0v) is 12.1. The summed E-state index contributed by atoms with van der Waals surface area (Å²) >= 11 is 0. The number of hydrogen-bond donors (Lipinski definition) is 1. The van der Waals surface area contributed by atoms with Gasteiger partial charge in [0.2, 0.25) is 0 Å². The number of aliphatic imine (C=N–C) groups is 1. The van der Waals surface area contributed by atoms with Gasteiger partial charge in [-0.15, -0.1) is 0 Å². The fourth-order valence-corrected chi connectivity index (χ4v) is 1.85. The number of rotatable bonds is 4. The molecule has 0 saturated carbocycles. The van der Waals surface area contributed by atoms with Crippen LogP contribution in [0.15, 0.2) is 17.3 Å². The van der Waals surface area contributed by atoms with Crippen molar-refractivity contribution in [1.82, 2.24) is 4.90 Å². The van der Waals surface area contributed by atoms with Gasteiger partial charge in [0, 0.05) is 25.2 Å². The molecule has 0 radical (unpaired) electrons. The molecule has 0 aromatic heterocycles. The molecule has 0 bridgehead atoms. The van der Waals surface area contributed by atoms with Gasteiger partial charge >= 0.3 is 6.09 Å². The van der Waals surface area contributed by atoms with Crippen molar-refractivity contribution in [2.45, 2.75) is 32.2 Å². The number of piperidine rings is 1. The summed E-state index contributed by atoms with van der Waals surface area (Å²) < 4.78 is 5.28. The second kappa shape index (κ2) is 7.53. The molecule has 6 nitrogen and oxygen atoms in total. The monoisotopic (exact) mass is 278 g/mol. The van der Waals surface area contributed by atoms with Crippen LogP contribution in [0.25, 0.3) is 0 Å². The third-order valence-corrected chi connectivity index (χ3v) is 3.11. The minimum Gasteiger partial charge on any atom is -0.447 e. The molecular formula is C14H22N4O2. The molecule has 1 rings (SSSR count). The van der Waals surface area contributed by atoms with Crippen LogP contribution in [0, 0.1) is 17.2 Å².